The quantitative estimate of drug-likeness (QED) is 0.671. The first-order valence-electron chi connectivity index (χ1n) is 5.95. The molecule has 0 aliphatic carbocycles. The molecule has 1 atom stereocenters. The lowest BCUT2D eigenvalue weighted by molar-refractivity contribution is 0.0243. The number of fused-ring (bicyclic) bond motifs is 1. The van der Waals surface area contributed by atoms with Gasteiger partial charge in [0.2, 0.25) is 0 Å². The number of hydrogen-bond donors (Lipinski definition) is 3. The molecule has 1 fully saturated rings. The lowest BCUT2D eigenvalue weighted by atomic mass is 9.89. The minimum Gasteiger partial charge on any atom is -0.396 e. The van der Waals surface area contributed by atoms with Crippen LogP contribution in [0.25, 0.3) is 11.2 Å². The van der Waals surface area contributed by atoms with Crippen LogP contribution in [-0.4, -0.2) is 49.6 Å². The summed E-state index contributed by atoms with van der Waals surface area (Å²) in [5.74, 6) is 0.317. The van der Waals surface area contributed by atoms with Crippen LogP contribution in [0, 0.1) is 5.41 Å². The van der Waals surface area contributed by atoms with E-state index >= 15 is 0 Å². The minimum atomic E-state index is -0.611. The molecule has 8 nitrogen and oxygen atoms in total. The summed E-state index contributed by atoms with van der Waals surface area (Å²) in [5, 5.41) is 18.8. The fourth-order valence-corrected chi connectivity index (χ4v) is 2.29. The molecule has 1 aliphatic rings. The third-order valence-electron chi connectivity index (χ3n) is 3.56. The van der Waals surface area contributed by atoms with Crippen molar-refractivity contribution in [3.8, 4) is 0 Å². The Morgan fingerprint density at radius 2 is 2.16 bits per heavy atom. The zero-order valence-electron chi connectivity index (χ0n) is 10.2. The molecule has 1 saturated heterocycles. The first-order chi connectivity index (χ1) is 9.19. The molecule has 1 unspecified atom stereocenters. The topological polar surface area (TPSA) is 119 Å². The molecule has 3 rings (SSSR count). The number of aliphatic hydroxyl groups is 2. The fourth-order valence-electron chi connectivity index (χ4n) is 2.29. The van der Waals surface area contributed by atoms with Crippen LogP contribution in [0.3, 0.4) is 0 Å². The molecule has 2 aromatic rings. The van der Waals surface area contributed by atoms with Crippen LogP contribution in [0.5, 0.6) is 0 Å². The van der Waals surface area contributed by atoms with E-state index in [4.69, 9.17) is 10.5 Å². The van der Waals surface area contributed by atoms with E-state index in [-0.39, 0.29) is 19.4 Å². The molecule has 1 aliphatic heterocycles. The number of nitrogens with two attached hydrogens (primary N) is 1. The maximum absolute atomic E-state index is 9.38. The van der Waals surface area contributed by atoms with Gasteiger partial charge < -0.3 is 20.7 Å². The van der Waals surface area contributed by atoms with Gasteiger partial charge in [-0.1, -0.05) is 0 Å². The van der Waals surface area contributed by atoms with Crippen LogP contribution in [0.4, 0.5) is 5.82 Å². The van der Waals surface area contributed by atoms with Gasteiger partial charge in [-0.15, -0.1) is 0 Å². The second-order valence-electron chi connectivity index (χ2n) is 4.87. The van der Waals surface area contributed by atoms with Crippen LogP contribution in [0.1, 0.15) is 12.6 Å². The lowest BCUT2D eigenvalue weighted by Gasteiger charge is -2.21. The monoisotopic (exact) mass is 265 g/mol. The van der Waals surface area contributed by atoms with E-state index in [1.54, 1.807) is 10.9 Å². The predicted molar refractivity (Wildman–Crippen MR) is 65.9 cm³/mol. The van der Waals surface area contributed by atoms with Crippen molar-refractivity contribution in [2.24, 2.45) is 5.41 Å². The van der Waals surface area contributed by atoms with Crippen molar-refractivity contribution in [3.63, 3.8) is 0 Å². The molecule has 3 heterocycles. The van der Waals surface area contributed by atoms with Crippen LogP contribution in [-0.2, 0) is 4.74 Å². The van der Waals surface area contributed by atoms with Crippen molar-refractivity contribution in [3.05, 3.63) is 12.7 Å². The van der Waals surface area contributed by atoms with E-state index in [9.17, 15) is 10.2 Å². The van der Waals surface area contributed by atoms with Crippen molar-refractivity contribution in [2.45, 2.75) is 12.6 Å². The summed E-state index contributed by atoms with van der Waals surface area (Å²) in [6, 6.07) is 0. The SMILES string of the molecule is Nc1ncnc2c1ncn2C1CC(CO)(CO)CO1. The fraction of sp³-hybridized carbons (Fsp3) is 0.545. The number of imidazole rings is 1. The summed E-state index contributed by atoms with van der Waals surface area (Å²) in [7, 11) is 0. The normalized spacial score (nSPS) is 22.1. The van der Waals surface area contributed by atoms with Gasteiger partial charge in [-0.05, 0) is 0 Å². The van der Waals surface area contributed by atoms with Crippen molar-refractivity contribution in [2.75, 3.05) is 25.6 Å². The molecule has 0 saturated carbocycles. The molecule has 0 spiro atoms. The van der Waals surface area contributed by atoms with Gasteiger partial charge in [-0.3, -0.25) is 4.57 Å². The van der Waals surface area contributed by atoms with Gasteiger partial charge >= 0.3 is 0 Å². The molecule has 2 aromatic heterocycles. The number of hydrogen-bond acceptors (Lipinski definition) is 7. The van der Waals surface area contributed by atoms with Gasteiger partial charge in [0.15, 0.2) is 11.5 Å². The Balaban J connectivity index is 1.96. The molecular weight excluding hydrogens is 250 g/mol. The standard InChI is InChI=1S/C11H15N5O3/c12-9-8-10(14-5-13-9)16(6-15-8)7-1-11(2-17,3-18)4-19-7/h5-7,17-18H,1-4H2,(H2,12,13,14). The highest BCUT2D eigenvalue weighted by Gasteiger charge is 2.40. The zero-order chi connectivity index (χ0) is 13.5. The highest BCUT2D eigenvalue weighted by atomic mass is 16.5. The summed E-state index contributed by atoms with van der Waals surface area (Å²) in [6.45, 7) is 0.0540. The van der Waals surface area contributed by atoms with Gasteiger partial charge in [0, 0.05) is 11.8 Å². The smallest absolute Gasteiger partial charge is 0.167 e. The molecule has 0 aromatic carbocycles. The Labute approximate surface area is 108 Å². The summed E-state index contributed by atoms with van der Waals surface area (Å²) >= 11 is 0. The zero-order valence-corrected chi connectivity index (χ0v) is 10.2. The Kier molecular flexibility index (Phi) is 2.85. The minimum absolute atomic E-state index is 0.121. The molecule has 8 heteroatoms. The molecule has 0 bridgehead atoms. The number of ether oxygens (including phenoxy) is 1. The number of aromatic nitrogens is 4. The largest absolute Gasteiger partial charge is 0.396 e. The Hall–Kier alpha value is -1.77. The van der Waals surface area contributed by atoms with E-state index in [0.717, 1.165) is 0 Å². The summed E-state index contributed by atoms with van der Waals surface area (Å²) < 4.78 is 7.40. The van der Waals surface area contributed by atoms with Gasteiger partial charge in [0.1, 0.15) is 18.1 Å². The average Bonchev–Trinajstić information content (AvgIpc) is 3.03. The molecule has 4 N–H and O–H groups in total. The predicted octanol–water partition coefficient (Wildman–Crippen LogP) is -0.702. The van der Waals surface area contributed by atoms with Crippen molar-refractivity contribution >= 4 is 17.0 Å². The van der Waals surface area contributed by atoms with Crippen LogP contribution in [0.2, 0.25) is 0 Å². The molecule has 19 heavy (non-hydrogen) atoms. The van der Waals surface area contributed by atoms with E-state index in [2.05, 4.69) is 15.0 Å². The third kappa shape index (κ3) is 1.84. The van der Waals surface area contributed by atoms with Crippen LogP contribution >= 0.6 is 0 Å². The van der Waals surface area contributed by atoms with Gasteiger partial charge in [-0.2, -0.15) is 0 Å². The first-order valence-corrected chi connectivity index (χ1v) is 5.95. The molecule has 0 radical (unpaired) electrons. The maximum atomic E-state index is 9.38. The number of nitrogens with zero attached hydrogens (tertiary/aromatic N) is 4. The summed E-state index contributed by atoms with van der Waals surface area (Å²) in [5.41, 5.74) is 6.23. The maximum Gasteiger partial charge on any atom is 0.167 e. The number of nitrogen functional groups attached to an aromatic ring is 1. The number of rotatable bonds is 3. The molecule has 102 valence electrons. The van der Waals surface area contributed by atoms with Crippen LogP contribution < -0.4 is 5.73 Å². The van der Waals surface area contributed by atoms with Gasteiger partial charge in [0.25, 0.3) is 0 Å². The number of anilines is 1. The average molecular weight is 265 g/mol. The lowest BCUT2D eigenvalue weighted by Crippen LogP contribution is -2.30. The van der Waals surface area contributed by atoms with E-state index in [0.29, 0.717) is 30.0 Å². The van der Waals surface area contributed by atoms with E-state index in [1.807, 2.05) is 0 Å². The van der Waals surface area contributed by atoms with Gasteiger partial charge in [0.05, 0.1) is 26.1 Å². The second kappa shape index (κ2) is 4.41. The Morgan fingerprint density at radius 1 is 1.37 bits per heavy atom. The van der Waals surface area contributed by atoms with Gasteiger partial charge in [-0.25, -0.2) is 15.0 Å². The summed E-state index contributed by atoms with van der Waals surface area (Å²) in [6.07, 6.45) is 3.13. The number of aliphatic hydroxyl groups excluding tert-OH is 2. The highest BCUT2D eigenvalue weighted by molar-refractivity contribution is 5.81. The Morgan fingerprint density at radius 3 is 2.84 bits per heavy atom. The summed E-state index contributed by atoms with van der Waals surface area (Å²) in [4.78, 5) is 12.2. The second-order valence-corrected chi connectivity index (χ2v) is 4.87. The Bertz CT molecular complexity index is 595. The van der Waals surface area contributed by atoms with E-state index in [1.165, 1.54) is 6.33 Å². The highest BCUT2D eigenvalue weighted by Crippen LogP contribution is 2.38. The van der Waals surface area contributed by atoms with Crippen LogP contribution in [0.15, 0.2) is 12.7 Å². The third-order valence-corrected chi connectivity index (χ3v) is 3.56. The first kappa shape index (κ1) is 12.3. The van der Waals surface area contributed by atoms with Crippen molar-refractivity contribution < 1.29 is 14.9 Å². The van der Waals surface area contributed by atoms with E-state index < -0.39 is 5.41 Å². The van der Waals surface area contributed by atoms with Crippen molar-refractivity contribution in [1.82, 2.24) is 19.5 Å². The molecule has 0 amide bonds. The molecular formula is C11H15N5O3. The van der Waals surface area contributed by atoms with Crippen molar-refractivity contribution in [1.29, 1.82) is 0 Å².